The first-order valence-corrected chi connectivity index (χ1v) is 7.16. The minimum Gasteiger partial charge on any atom is -0.508 e. The lowest BCUT2D eigenvalue weighted by Gasteiger charge is -2.39. The highest BCUT2D eigenvalue weighted by molar-refractivity contribution is 5.38. The van der Waals surface area contributed by atoms with Crippen molar-refractivity contribution in [3.8, 4) is 5.75 Å². The molecule has 2 aliphatic rings. The molecule has 0 amide bonds. The van der Waals surface area contributed by atoms with Gasteiger partial charge in [0.05, 0.1) is 0 Å². The Balaban J connectivity index is 2.02. The van der Waals surface area contributed by atoms with Gasteiger partial charge in [0.1, 0.15) is 5.75 Å². The number of benzene rings is 1. The van der Waals surface area contributed by atoms with Gasteiger partial charge < -0.3 is 5.11 Å². The number of aryl methyl sites for hydroxylation is 1. The lowest BCUT2D eigenvalue weighted by molar-refractivity contribution is 0.134. The summed E-state index contributed by atoms with van der Waals surface area (Å²) < 4.78 is 0. The Labute approximate surface area is 110 Å². The molecule has 98 valence electrons. The van der Waals surface area contributed by atoms with E-state index in [0.29, 0.717) is 22.5 Å². The van der Waals surface area contributed by atoms with Crippen LogP contribution in [0.3, 0.4) is 0 Å². The smallest absolute Gasteiger partial charge is 0.118 e. The average molecular weight is 244 g/mol. The van der Waals surface area contributed by atoms with E-state index in [1.165, 1.54) is 24.8 Å². The summed E-state index contributed by atoms with van der Waals surface area (Å²) in [4.78, 5) is 0. The summed E-state index contributed by atoms with van der Waals surface area (Å²) in [5.41, 5.74) is 3.34. The quantitative estimate of drug-likeness (QED) is 0.763. The van der Waals surface area contributed by atoms with Gasteiger partial charge in [-0.15, -0.1) is 0 Å². The van der Waals surface area contributed by atoms with E-state index in [0.717, 1.165) is 11.5 Å². The molecule has 0 radical (unpaired) electrons. The molecule has 0 spiro atoms. The zero-order valence-electron chi connectivity index (χ0n) is 12.0. The van der Waals surface area contributed by atoms with Gasteiger partial charge in [-0.1, -0.05) is 32.9 Å². The normalized spacial score (nSPS) is 37.1. The molecule has 1 aromatic rings. The van der Waals surface area contributed by atoms with Crippen LogP contribution >= 0.6 is 0 Å². The summed E-state index contributed by atoms with van der Waals surface area (Å²) in [5, 5.41) is 9.69. The second-order valence-corrected chi connectivity index (χ2v) is 7.21. The Morgan fingerprint density at radius 2 is 1.94 bits per heavy atom. The summed E-state index contributed by atoms with van der Waals surface area (Å²) in [6.45, 7) is 9.39. The zero-order valence-corrected chi connectivity index (χ0v) is 12.0. The molecule has 1 aromatic carbocycles. The highest BCUT2D eigenvalue weighted by Crippen LogP contribution is 2.70. The minimum absolute atomic E-state index is 0.423. The second-order valence-electron chi connectivity index (χ2n) is 7.21. The summed E-state index contributed by atoms with van der Waals surface area (Å²) in [6, 6.07) is 6.20. The largest absolute Gasteiger partial charge is 0.508 e. The molecule has 3 rings (SSSR count). The van der Waals surface area contributed by atoms with Crippen molar-refractivity contribution in [2.75, 3.05) is 0 Å². The van der Waals surface area contributed by atoms with Crippen LogP contribution in [0.4, 0.5) is 0 Å². The van der Waals surface area contributed by atoms with Gasteiger partial charge in [0.25, 0.3) is 0 Å². The first-order valence-electron chi connectivity index (χ1n) is 7.16. The zero-order chi connectivity index (χ0) is 13.1. The summed E-state index contributed by atoms with van der Waals surface area (Å²) in [5.74, 6) is 1.97. The van der Waals surface area contributed by atoms with Crippen molar-refractivity contribution in [1.82, 2.24) is 0 Å². The molecule has 1 heteroatoms. The van der Waals surface area contributed by atoms with Crippen molar-refractivity contribution in [2.45, 2.75) is 52.9 Å². The molecule has 0 aliphatic heterocycles. The molecule has 18 heavy (non-hydrogen) atoms. The molecule has 0 saturated heterocycles. The Morgan fingerprint density at radius 3 is 2.44 bits per heavy atom. The van der Waals surface area contributed by atoms with Crippen LogP contribution in [0.15, 0.2) is 18.2 Å². The molecular weight excluding hydrogens is 220 g/mol. The van der Waals surface area contributed by atoms with Crippen LogP contribution in [0.1, 0.15) is 57.1 Å². The van der Waals surface area contributed by atoms with Crippen LogP contribution < -0.4 is 0 Å². The van der Waals surface area contributed by atoms with Crippen LogP contribution in [0.5, 0.6) is 5.75 Å². The van der Waals surface area contributed by atoms with E-state index < -0.39 is 0 Å². The molecule has 0 aromatic heterocycles. The predicted molar refractivity (Wildman–Crippen MR) is 74.8 cm³/mol. The highest BCUT2D eigenvalue weighted by Gasteiger charge is 2.61. The molecule has 1 N–H and O–H groups in total. The monoisotopic (exact) mass is 244 g/mol. The molecule has 2 fully saturated rings. The van der Waals surface area contributed by atoms with Crippen molar-refractivity contribution in [3.05, 3.63) is 29.3 Å². The third-order valence-electron chi connectivity index (χ3n) is 6.42. The van der Waals surface area contributed by atoms with Crippen molar-refractivity contribution < 1.29 is 5.11 Å². The van der Waals surface area contributed by atoms with Crippen molar-refractivity contribution >= 4 is 0 Å². The molecule has 0 unspecified atom stereocenters. The van der Waals surface area contributed by atoms with Gasteiger partial charge in [-0.25, -0.2) is 0 Å². The second kappa shape index (κ2) is 3.53. The van der Waals surface area contributed by atoms with E-state index >= 15 is 0 Å². The van der Waals surface area contributed by atoms with E-state index in [1.54, 1.807) is 0 Å². The number of fused-ring (bicyclic) bond motifs is 2. The van der Waals surface area contributed by atoms with Crippen LogP contribution in [-0.4, -0.2) is 5.11 Å². The number of phenolic OH excluding ortho intramolecular Hbond substituents is 1. The first-order chi connectivity index (χ1) is 8.36. The van der Waals surface area contributed by atoms with Gasteiger partial charge in [-0.2, -0.15) is 0 Å². The van der Waals surface area contributed by atoms with E-state index in [1.807, 2.05) is 13.0 Å². The van der Waals surface area contributed by atoms with Crippen LogP contribution in [0, 0.1) is 23.7 Å². The van der Waals surface area contributed by atoms with Gasteiger partial charge in [0.2, 0.25) is 0 Å². The summed E-state index contributed by atoms with van der Waals surface area (Å²) >= 11 is 0. The average Bonchev–Trinajstić information content (AvgIpc) is 2.65. The van der Waals surface area contributed by atoms with E-state index in [9.17, 15) is 5.11 Å². The lowest BCUT2D eigenvalue weighted by atomic mass is 9.65. The predicted octanol–water partition coefficient (Wildman–Crippen LogP) is 4.63. The number of phenols is 1. The van der Waals surface area contributed by atoms with Gasteiger partial charge >= 0.3 is 0 Å². The third kappa shape index (κ3) is 1.34. The fourth-order valence-electron chi connectivity index (χ4n) is 4.60. The molecule has 3 atom stereocenters. The molecule has 0 heterocycles. The van der Waals surface area contributed by atoms with Crippen LogP contribution in [0.2, 0.25) is 0 Å². The highest BCUT2D eigenvalue weighted by atomic mass is 16.3. The van der Waals surface area contributed by atoms with E-state index in [-0.39, 0.29) is 0 Å². The minimum atomic E-state index is 0.423. The molecule has 2 saturated carbocycles. The number of hydrogen-bond acceptors (Lipinski definition) is 1. The van der Waals surface area contributed by atoms with Gasteiger partial charge in [-0.05, 0) is 66.0 Å². The topological polar surface area (TPSA) is 20.2 Å². The van der Waals surface area contributed by atoms with Gasteiger partial charge in [0, 0.05) is 0 Å². The summed E-state index contributed by atoms with van der Waals surface area (Å²) in [6.07, 6.45) is 4.08. The fraction of sp³-hybridized carbons (Fsp3) is 0.647. The Bertz CT molecular complexity index is 488. The lowest BCUT2D eigenvalue weighted by Crippen LogP contribution is -2.31. The number of hydrogen-bond donors (Lipinski definition) is 1. The van der Waals surface area contributed by atoms with Crippen LogP contribution in [-0.2, 0) is 0 Å². The maximum Gasteiger partial charge on any atom is 0.118 e. The summed E-state index contributed by atoms with van der Waals surface area (Å²) in [7, 11) is 0. The Morgan fingerprint density at radius 1 is 1.22 bits per heavy atom. The van der Waals surface area contributed by atoms with Crippen molar-refractivity contribution in [3.63, 3.8) is 0 Å². The van der Waals surface area contributed by atoms with Crippen molar-refractivity contribution in [1.29, 1.82) is 0 Å². The molecular formula is C17H24O. The first kappa shape index (κ1) is 12.1. The van der Waals surface area contributed by atoms with Gasteiger partial charge in [-0.3, -0.25) is 0 Å². The third-order valence-corrected chi connectivity index (χ3v) is 6.42. The molecule has 2 aliphatic carbocycles. The van der Waals surface area contributed by atoms with Crippen molar-refractivity contribution in [2.24, 2.45) is 16.7 Å². The standard InChI is InChI=1S/C17H24O/c1-11-9-12(5-6-15(11)18)14-10-13-7-8-17(14,4)16(13,2)3/h5-6,9,13-14,18H,7-8,10H2,1-4H3/t13-,14+,17-/m0/s1. The van der Waals surface area contributed by atoms with E-state index in [2.05, 4.69) is 32.9 Å². The fourth-order valence-corrected chi connectivity index (χ4v) is 4.60. The Hall–Kier alpha value is -0.980. The maximum absolute atomic E-state index is 9.69. The number of rotatable bonds is 1. The van der Waals surface area contributed by atoms with Gasteiger partial charge in [0.15, 0.2) is 0 Å². The Kier molecular flexibility index (Phi) is 2.36. The maximum atomic E-state index is 9.69. The SMILES string of the molecule is Cc1cc([C@H]2C[C@@H]3CC[C@]2(C)C3(C)C)ccc1O. The molecule has 2 bridgehead atoms. The van der Waals surface area contributed by atoms with E-state index in [4.69, 9.17) is 0 Å². The van der Waals surface area contributed by atoms with Crippen LogP contribution in [0.25, 0.3) is 0 Å². The number of aromatic hydroxyl groups is 1. The molecule has 1 nitrogen and oxygen atoms in total.